The van der Waals surface area contributed by atoms with Crippen molar-refractivity contribution in [2.75, 3.05) is 26.2 Å². The molecule has 342 valence electrons. The minimum absolute atomic E-state index is 0.0933. The summed E-state index contributed by atoms with van der Waals surface area (Å²) in [5.74, 6) is -4.87. The highest BCUT2D eigenvalue weighted by Gasteiger charge is 2.37. The largest absolute Gasteiger partial charge is 0.504 e. The second-order valence-corrected chi connectivity index (χ2v) is 16.2. The number of carbonyl (C=O) groups is 4. The van der Waals surface area contributed by atoms with E-state index in [-0.39, 0.29) is 42.2 Å². The molecule has 0 aliphatic heterocycles. The maximum Gasteiger partial charge on any atom is 0.255 e. The van der Waals surface area contributed by atoms with Crippen LogP contribution in [0.5, 0.6) is 34.5 Å². The Kier molecular flexibility index (Phi) is 22.9. The fraction of sp³-hybridized carbons (Fsp3) is 0.542. The van der Waals surface area contributed by atoms with Crippen LogP contribution in [0.2, 0.25) is 0 Å². The van der Waals surface area contributed by atoms with Crippen molar-refractivity contribution in [1.82, 2.24) is 21.3 Å². The van der Waals surface area contributed by atoms with Gasteiger partial charge in [0.2, 0.25) is 5.91 Å². The van der Waals surface area contributed by atoms with Crippen LogP contribution in [0, 0.1) is 5.41 Å². The van der Waals surface area contributed by atoms with Crippen LogP contribution in [-0.2, 0) is 4.79 Å². The van der Waals surface area contributed by atoms with Crippen molar-refractivity contribution in [3.8, 4) is 34.5 Å². The van der Waals surface area contributed by atoms with Gasteiger partial charge in [0, 0.05) is 31.6 Å². The van der Waals surface area contributed by atoms with Crippen LogP contribution < -0.4 is 21.3 Å². The third-order valence-electron chi connectivity index (χ3n) is 11.4. The molecule has 3 aromatic carbocycles. The van der Waals surface area contributed by atoms with E-state index in [1.807, 2.05) is 0 Å². The lowest BCUT2D eigenvalue weighted by atomic mass is 9.74. The van der Waals surface area contributed by atoms with Gasteiger partial charge in [-0.3, -0.25) is 19.2 Å². The molecule has 0 unspecified atom stereocenters. The normalized spacial score (nSPS) is 11.2. The molecule has 0 radical (unpaired) electrons. The number of para-hydroxylation sites is 3. The van der Waals surface area contributed by atoms with Crippen molar-refractivity contribution >= 4 is 23.6 Å². The molecule has 0 saturated heterocycles. The van der Waals surface area contributed by atoms with Gasteiger partial charge >= 0.3 is 0 Å². The van der Waals surface area contributed by atoms with Crippen LogP contribution in [0.3, 0.4) is 0 Å². The molecule has 62 heavy (non-hydrogen) atoms. The van der Waals surface area contributed by atoms with E-state index in [4.69, 9.17) is 0 Å². The summed E-state index contributed by atoms with van der Waals surface area (Å²) in [4.78, 5) is 53.1. The Morgan fingerprint density at radius 3 is 1.02 bits per heavy atom. The minimum Gasteiger partial charge on any atom is -0.504 e. The Hall–Kier alpha value is -5.66. The van der Waals surface area contributed by atoms with E-state index in [1.54, 1.807) is 0 Å². The van der Waals surface area contributed by atoms with E-state index in [1.165, 1.54) is 119 Å². The third kappa shape index (κ3) is 17.0. The van der Waals surface area contributed by atoms with Gasteiger partial charge in [-0.15, -0.1) is 0 Å². The first-order chi connectivity index (χ1) is 29.9. The molecule has 3 aromatic rings. The Morgan fingerprint density at radius 2 is 0.694 bits per heavy atom. The van der Waals surface area contributed by atoms with Crippen molar-refractivity contribution in [2.24, 2.45) is 5.41 Å². The van der Waals surface area contributed by atoms with Gasteiger partial charge in [-0.1, -0.05) is 109 Å². The number of hydrogen-bond acceptors (Lipinski definition) is 10. The molecule has 4 amide bonds. The molecule has 0 heterocycles. The Bertz CT molecular complexity index is 1680. The molecular formula is C48H70N4O10. The van der Waals surface area contributed by atoms with Gasteiger partial charge in [0.25, 0.3) is 17.7 Å². The van der Waals surface area contributed by atoms with E-state index in [9.17, 15) is 49.8 Å². The highest BCUT2D eigenvalue weighted by atomic mass is 16.3. The average Bonchev–Trinajstić information content (AvgIpc) is 3.26. The number of nitrogens with one attached hydrogen (secondary N) is 4. The average molecular weight is 863 g/mol. The summed E-state index contributed by atoms with van der Waals surface area (Å²) in [7, 11) is 0. The molecule has 0 spiro atoms. The number of phenolic OH excluding ortho intramolecular Hbond substituents is 6. The molecule has 0 aliphatic carbocycles. The van der Waals surface area contributed by atoms with Gasteiger partial charge in [0.15, 0.2) is 34.5 Å². The molecule has 0 aromatic heterocycles. The number of amides is 4. The van der Waals surface area contributed by atoms with Crippen LogP contribution >= 0.6 is 0 Å². The summed E-state index contributed by atoms with van der Waals surface area (Å²) in [5.41, 5.74) is -1.29. The van der Waals surface area contributed by atoms with Crippen LogP contribution in [0.4, 0.5) is 0 Å². The molecule has 14 heteroatoms. The zero-order chi connectivity index (χ0) is 45.2. The SMILES string of the molecule is CCCCCCCCCCCCCCCCNC(=O)C(CCCNC(=O)c1cccc(O)c1O)(CCCNC(=O)c1cccc(O)c1O)CCCNC(=O)c1cccc(O)c1O. The van der Waals surface area contributed by atoms with E-state index in [0.29, 0.717) is 45.1 Å². The highest BCUT2D eigenvalue weighted by Crippen LogP contribution is 2.36. The maximum atomic E-state index is 14.3. The van der Waals surface area contributed by atoms with Gasteiger partial charge in [0.1, 0.15) is 0 Å². The Balaban J connectivity index is 1.65. The molecule has 0 fully saturated rings. The van der Waals surface area contributed by atoms with Gasteiger partial charge in [0.05, 0.1) is 16.7 Å². The second kappa shape index (κ2) is 28.0. The summed E-state index contributed by atoms with van der Waals surface area (Å²) in [6.07, 6.45) is 19.0. The molecule has 14 nitrogen and oxygen atoms in total. The van der Waals surface area contributed by atoms with Gasteiger partial charge < -0.3 is 51.9 Å². The monoisotopic (exact) mass is 863 g/mol. The fourth-order valence-corrected chi connectivity index (χ4v) is 7.74. The number of unbranched alkanes of at least 4 members (excludes halogenated alkanes) is 13. The first-order valence-corrected chi connectivity index (χ1v) is 22.6. The molecule has 3 rings (SSSR count). The van der Waals surface area contributed by atoms with Crippen LogP contribution in [0.25, 0.3) is 0 Å². The summed E-state index contributed by atoms with van der Waals surface area (Å²) in [6.45, 7) is 3.13. The van der Waals surface area contributed by atoms with Crippen molar-refractivity contribution in [2.45, 2.75) is 135 Å². The number of hydrogen-bond donors (Lipinski definition) is 10. The highest BCUT2D eigenvalue weighted by molar-refractivity contribution is 5.98. The van der Waals surface area contributed by atoms with Crippen molar-refractivity contribution in [3.05, 3.63) is 71.3 Å². The molecular weight excluding hydrogens is 793 g/mol. The maximum absolute atomic E-state index is 14.3. The van der Waals surface area contributed by atoms with Gasteiger partial charge in [-0.2, -0.15) is 0 Å². The lowest BCUT2D eigenvalue weighted by Gasteiger charge is -2.33. The third-order valence-corrected chi connectivity index (χ3v) is 11.4. The predicted octanol–water partition coefficient (Wildman–Crippen LogP) is 8.43. The predicted molar refractivity (Wildman–Crippen MR) is 240 cm³/mol. The Labute approximate surface area is 366 Å². The molecule has 0 bridgehead atoms. The van der Waals surface area contributed by atoms with E-state index >= 15 is 0 Å². The zero-order valence-electron chi connectivity index (χ0n) is 36.5. The summed E-state index contributed by atoms with van der Waals surface area (Å²) >= 11 is 0. The summed E-state index contributed by atoms with van der Waals surface area (Å²) < 4.78 is 0. The fourth-order valence-electron chi connectivity index (χ4n) is 7.74. The number of rotatable bonds is 31. The summed E-state index contributed by atoms with van der Waals surface area (Å²) in [5, 5.41) is 71.6. The zero-order valence-corrected chi connectivity index (χ0v) is 36.5. The number of phenols is 6. The Morgan fingerprint density at radius 1 is 0.403 bits per heavy atom. The topological polar surface area (TPSA) is 238 Å². The number of benzene rings is 3. The minimum atomic E-state index is -1.01. The number of aromatic hydroxyl groups is 6. The number of carbonyl (C=O) groups excluding carboxylic acids is 4. The van der Waals surface area contributed by atoms with E-state index in [0.717, 1.165) is 25.7 Å². The quantitative estimate of drug-likeness (QED) is 0.0219. The lowest BCUT2D eigenvalue weighted by Crippen LogP contribution is -2.43. The molecule has 0 aliphatic rings. The van der Waals surface area contributed by atoms with E-state index in [2.05, 4.69) is 28.2 Å². The first kappa shape index (κ1) is 50.7. The lowest BCUT2D eigenvalue weighted by molar-refractivity contribution is -0.132. The van der Waals surface area contributed by atoms with Crippen LogP contribution in [0.15, 0.2) is 54.6 Å². The standard InChI is InChI=1S/C48H70N4O10/c1-2-3-4-5-6-7-8-9-10-11-12-13-14-15-31-52-47(62)48(28-19-32-49-44(59)35-22-16-25-38(53)41(35)56,29-20-33-50-45(60)36-23-17-26-39(54)42(36)57)30-21-34-51-46(61)37-24-18-27-40(55)43(37)58/h16-18,22-27,53-58H,2-15,19-21,28-34H2,1H3,(H,49,59)(H,50,60)(H,51,61)(H,52,62). The summed E-state index contributed by atoms with van der Waals surface area (Å²) in [6, 6.07) is 12.3. The first-order valence-electron chi connectivity index (χ1n) is 22.6. The van der Waals surface area contributed by atoms with Crippen LogP contribution in [-0.4, -0.2) is 80.4 Å². The second-order valence-electron chi connectivity index (χ2n) is 16.2. The smallest absolute Gasteiger partial charge is 0.255 e. The van der Waals surface area contributed by atoms with Gasteiger partial charge in [-0.25, -0.2) is 0 Å². The van der Waals surface area contributed by atoms with Crippen molar-refractivity contribution in [3.63, 3.8) is 0 Å². The van der Waals surface area contributed by atoms with Crippen molar-refractivity contribution < 1.29 is 49.8 Å². The molecule has 10 N–H and O–H groups in total. The molecule has 0 atom stereocenters. The van der Waals surface area contributed by atoms with E-state index < -0.39 is 57.6 Å². The van der Waals surface area contributed by atoms with Crippen molar-refractivity contribution in [1.29, 1.82) is 0 Å². The van der Waals surface area contributed by atoms with Crippen LogP contribution in [0.1, 0.15) is 166 Å². The van der Waals surface area contributed by atoms with Gasteiger partial charge in [-0.05, 0) is 81.3 Å². The molecule has 0 saturated carbocycles.